The molecule has 3 N–H and O–H groups in total. The summed E-state index contributed by atoms with van der Waals surface area (Å²) >= 11 is 3.42. The molecule has 0 saturated carbocycles. The summed E-state index contributed by atoms with van der Waals surface area (Å²) in [5.74, 6) is -2.16. The van der Waals surface area contributed by atoms with Crippen molar-refractivity contribution in [3.63, 3.8) is 0 Å². The lowest BCUT2D eigenvalue weighted by atomic mass is 9.66. The average Bonchev–Trinajstić information content (AvgIpc) is 3.13. The number of amides is 2. The summed E-state index contributed by atoms with van der Waals surface area (Å²) in [6.07, 6.45) is 2.41. The van der Waals surface area contributed by atoms with Crippen molar-refractivity contribution in [2.45, 2.75) is 46.1 Å². The average molecular weight is 569 g/mol. The molecule has 2 aliphatic rings. The van der Waals surface area contributed by atoms with Gasteiger partial charge in [0.2, 0.25) is 11.8 Å². The summed E-state index contributed by atoms with van der Waals surface area (Å²) < 4.78 is 0.860. The van der Waals surface area contributed by atoms with Crippen LogP contribution in [0.15, 0.2) is 69.7 Å². The van der Waals surface area contributed by atoms with Gasteiger partial charge in [-0.15, -0.1) is 0 Å². The number of hydrogen-bond acceptors (Lipinski definition) is 5. The predicted octanol–water partition coefficient (Wildman–Crippen LogP) is 5.47. The summed E-state index contributed by atoms with van der Waals surface area (Å²) in [4.78, 5) is 28.2. The first-order valence-corrected chi connectivity index (χ1v) is 13.5. The first kappa shape index (κ1) is 27.3. The molecule has 2 aromatic carbocycles. The number of aliphatic hydroxyl groups is 2. The summed E-state index contributed by atoms with van der Waals surface area (Å²) in [6, 6.07) is 14.1. The SMILES string of the molecule is C/C(=C\c1cc(Br)ccc1O)CC[C@@H](O)C1=C(C(C)C)C[C@H]2C(=O)N(c3ccccc3)C(=O)[C@H]2[C@H]1CO. The number of carbonyl (C=O) groups is 2. The molecule has 2 aromatic rings. The Balaban J connectivity index is 1.60. The van der Waals surface area contributed by atoms with E-state index in [0.717, 1.165) is 15.6 Å². The van der Waals surface area contributed by atoms with Gasteiger partial charge in [0, 0.05) is 16.0 Å². The van der Waals surface area contributed by atoms with Gasteiger partial charge in [-0.3, -0.25) is 14.5 Å². The van der Waals surface area contributed by atoms with E-state index < -0.39 is 23.9 Å². The van der Waals surface area contributed by atoms with Gasteiger partial charge in [-0.25, -0.2) is 0 Å². The highest BCUT2D eigenvalue weighted by Crippen LogP contribution is 2.48. The maximum atomic E-state index is 13.5. The lowest BCUT2D eigenvalue weighted by Gasteiger charge is -2.38. The van der Waals surface area contributed by atoms with Gasteiger partial charge in [-0.2, -0.15) is 0 Å². The fourth-order valence-electron chi connectivity index (χ4n) is 5.77. The van der Waals surface area contributed by atoms with E-state index in [1.165, 1.54) is 4.90 Å². The molecule has 1 saturated heterocycles. The van der Waals surface area contributed by atoms with Crippen LogP contribution < -0.4 is 4.90 Å². The van der Waals surface area contributed by atoms with Crippen molar-refractivity contribution in [3.05, 3.63) is 75.3 Å². The molecular formula is C30H34BrNO5. The first-order valence-electron chi connectivity index (χ1n) is 12.7. The Kier molecular flexibility index (Phi) is 8.36. The predicted molar refractivity (Wildman–Crippen MR) is 148 cm³/mol. The summed E-state index contributed by atoms with van der Waals surface area (Å²) in [5, 5.41) is 32.0. The standard InChI is InChI=1S/C30H34BrNO5/c1-17(2)22-15-23-28(30(37)32(29(23)36)21-7-5-4-6-8-21)24(16-33)27(22)26(35)11-9-18(3)13-19-14-20(31)10-12-25(19)34/h4-8,10,12-14,17,23-24,26,28,33-35H,9,11,15-16H2,1-3H3/b18-13+/t23-,24+,26-,28-/m1/s1. The number of benzene rings is 2. The lowest BCUT2D eigenvalue weighted by Crippen LogP contribution is -2.39. The molecule has 7 heteroatoms. The van der Waals surface area contributed by atoms with Crippen LogP contribution in [-0.2, 0) is 9.59 Å². The zero-order chi connectivity index (χ0) is 26.9. The highest BCUT2D eigenvalue weighted by atomic mass is 79.9. The molecule has 0 radical (unpaired) electrons. The molecule has 0 unspecified atom stereocenters. The minimum Gasteiger partial charge on any atom is -0.507 e. The third-order valence-electron chi connectivity index (χ3n) is 7.59. The van der Waals surface area contributed by atoms with Crippen LogP contribution in [-0.4, -0.2) is 39.8 Å². The molecule has 2 amide bonds. The Bertz CT molecular complexity index is 1240. The van der Waals surface area contributed by atoms with E-state index in [-0.39, 0.29) is 30.1 Å². The van der Waals surface area contributed by atoms with Crippen LogP contribution in [0.25, 0.3) is 6.08 Å². The van der Waals surface area contributed by atoms with Crippen molar-refractivity contribution in [2.24, 2.45) is 23.7 Å². The van der Waals surface area contributed by atoms with Crippen molar-refractivity contribution in [3.8, 4) is 5.75 Å². The van der Waals surface area contributed by atoms with Crippen LogP contribution >= 0.6 is 15.9 Å². The van der Waals surface area contributed by atoms with E-state index in [2.05, 4.69) is 15.9 Å². The molecule has 0 spiro atoms. The number of para-hydroxylation sites is 1. The molecule has 4 atom stereocenters. The van der Waals surface area contributed by atoms with Crippen LogP contribution in [0.2, 0.25) is 0 Å². The molecule has 1 aliphatic heterocycles. The van der Waals surface area contributed by atoms with Crippen molar-refractivity contribution >= 4 is 39.5 Å². The smallest absolute Gasteiger partial charge is 0.238 e. The van der Waals surface area contributed by atoms with Gasteiger partial charge in [0.15, 0.2) is 0 Å². The quantitative estimate of drug-likeness (QED) is 0.290. The van der Waals surface area contributed by atoms with Crippen LogP contribution in [0.4, 0.5) is 5.69 Å². The molecule has 0 bridgehead atoms. The molecule has 1 fully saturated rings. The minimum atomic E-state index is -0.858. The van der Waals surface area contributed by atoms with Crippen LogP contribution in [0.1, 0.15) is 45.6 Å². The van der Waals surface area contributed by atoms with Crippen molar-refractivity contribution in [1.82, 2.24) is 0 Å². The third-order valence-corrected chi connectivity index (χ3v) is 8.08. The van der Waals surface area contributed by atoms with Crippen molar-refractivity contribution < 1.29 is 24.9 Å². The highest BCUT2D eigenvalue weighted by molar-refractivity contribution is 9.10. The van der Waals surface area contributed by atoms with Gasteiger partial charge in [0.1, 0.15) is 5.75 Å². The Labute approximate surface area is 226 Å². The number of carbonyl (C=O) groups excluding carboxylic acids is 2. The second kappa shape index (κ2) is 11.3. The van der Waals surface area contributed by atoms with Crippen LogP contribution in [0.5, 0.6) is 5.75 Å². The second-order valence-corrected chi connectivity index (χ2v) is 11.3. The fraction of sp³-hybridized carbons (Fsp3) is 0.400. The van der Waals surface area contributed by atoms with Crippen molar-refractivity contribution in [2.75, 3.05) is 11.5 Å². The summed E-state index contributed by atoms with van der Waals surface area (Å²) in [6.45, 7) is 5.68. The minimum absolute atomic E-state index is 0.0589. The number of aliphatic hydroxyl groups excluding tert-OH is 2. The van der Waals surface area contributed by atoms with E-state index in [1.807, 2.05) is 39.0 Å². The van der Waals surface area contributed by atoms with Gasteiger partial charge < -0.3 is 15.3 Å². The largest absolute Gasteiger partial charge is 0.507 e. The topological polar surface area (TPSA) is 98.1 Å². The molecular weight excluding hydrogens is 534 g/mol. The highest BCUT2D eigenvalue weighted by Gasteiger charge is 2.55. The maximum Gasteiger partial charge on any atom is 0.238 e. The lowest BCUT2D eigenvalue weighted by molar-refractivity contribution is -0.123. The van der Waals surface area contributed by atoms with E-state index in [9.17, 15) is 24.9 Å². The van der Waals surface area contributed by atoms with E-state index in [4.69, 9.17) is 0 Å². The zero-order valence-electron chi connectivity index (χ0n) is 21.4. The van der Waals surface area contributed by atoms with E-state index in [0.29, 0.717) is 36.1 Å². The molecule has 1 aliphatic carbocycles. The molecule has 196 valence electrons. The number of nitrogens with zero attached hydrogens (tertiary/aromatic N) is 1. The Morgan fingerprint density at radius 1 is 1.14 bits per heavy atom. The monoisotopic (exact) mass is 567 g/mol. The Morgan fingerprint density at radius 2 is 1.84 bits per heavy atom. The fourth-order valence-corrected chi connectivity index (χ4v) is 6.15. The summed E-state index contributed by atoms with van der Waals surface area (Å²) in [5.41, 5.74) is 3.86. The zero-order valence-corrected chi connectivity index (χ0v) is 23.0. The number of anilines is 1. The van der Waals surface area contributed by atoms with Gasteiger partial charge >= 0.3 is 0 Å². The Morgan fingerprint density at radius 3 is 2.49 bits per heavy atom. The van der Waals surface area contributed by atoms with Crippen LogP contribution in [0, 0.1) is 23.7 Å². The number of fused-ring (bicyclic) bond motifs is 1. The number of rotatable bonds is 8. The number of allylic oxidation sites excluding steroid dienone is 2. The second-order valence-electron chi connectivity index (χ2n) is 10.4. The molecule has 0 aromatic heterocycles. The van der Waals surface area contributed by atoms with Gasteiger partial charge in [0.05, 0.1) is 30.2 Å². The molecule has 1 heterocycles. The molecule has 37 heavy (non-hydrogen) atoms. The van der Waals surface area contributed by atoms with Crippen LogP contribution in [0.3, 0.4) is 0 Å². The third kappa shape index (κ3) is 5.44. The maximum absolute atomic E-state index is 13.5. The number of phenols is 1. The van der Waals surface area contributed by atoms with Gasteiger partial charge in [0.25, 0.3) is 0 Å². The van der Waals surface area contributed by atoms with E-state index in [1.54, 1.807) is 36.4 Å². The number of imide groups is 1. The number of aromatic hydroxyl groups is 1. The summed E-state index contributed by atoms with van der Waals surface area (Å²) in [7, 11) is 0. The number of hydrogen-bond donors (Lipinski definition) is 3. The Hall–Kier alpha value is -2.74. The number of phenolic OH excluding ortho intramolecular Hbond substituents is 1. The van der Waals surface area contributed by atoms with Gasteiger partial charge in [-0.05, 0) is 68.0 Å². The molecule has 6 nitrogen and oxygen atoms in total. The van der Waals surface area contributed by atoms with Gasteiger partial charge in [-0.1, -0.05) is 65.2 Å². The number of halogens is 1. The normalized spacial score (nSPS) is 23.2. The molecule has 4 rings (SSSR count). The van der Waals surface area contributed by atoms with Crippen molar-refractivity contribution in [1.29, 1.82) is 0 Å². The van der Waals surface area contributed by atoms with E-state index >= 15 is 0 Å². The first-order chi connectivity index (χ1) is 17.6.